The lowest BCUT2D eigenvalue weighted by Crippen LogP contribution is -1.99. The van der Waals surface area contributed by atoms with Crippen molar-refractivity contribution in [3.05, 3.63) is 64.3 Å². The van der Waals surface area contributed by atoms with Gasteiger partial charge in [-0.25, -0.2) is 0 Å². The van der Waals surface area contributed by atoms with Gasteiger partial charge in [0.25, 0.3) is 0 Å². The third-order valence-corrected chi connectivity index (χ3v) is 5.62. The summed E-state index contributed by atoms with van der Waals surface area (Å²) >= 11 is 3.65. The van der Waals surface area contributed by atoms with Gasteiger partial charge in [-0.15, -0.1) is 0 Å². The van der Waals surface area contributed by atoms with Crippen LogP contribution in [0.5, 0.6) is 0 Å². The standard InChI is InChI=1S/C22H22BrN3/c1-14-7-10-20-18(13-14)15(5-2-3-11-24)22(26-20)17-8-9-19(23)16-6-4-12-25-21(16)17/h4,6-10,12-13,26H,2-3,5,11,24H2,1H3. The van der Waals surface area contributed by atoms with Crippen LogP contribution in [0.25, 0.3) is 33.1 Å². The molecule has 0 aliphatic carbocycles. The molecule has 0 atom stereocenters. The maximum absolute atomic E-state index is 5.72. The molecule has 2 aromatic heterocycles. The molecule has 0 amide bonds. The quantitative estimate of drug-likeness (QED) is 0.414. The number of aromatic amines is 1. The maximum Gasteiger partial charge on any atom is 0.0806 e. The third-order valence-electron chi connectivity index (χ3n) is 4.93. The number of hydrogen-bond donors (Lipinski definition) is 2. The van der Waals surface area contributed by atoms with Crippen LogP contribution in [0.4, 0.5) is 0 Å². The van der Waals surface area contributed by atoms with Crippen molar-refractivity contribution in [3.8, 4) is 11.3 Å². The summed E-state index contributed by atoms with van der Waals surface area (Å²) < 4.78 is 1.07. The van der Waals surface area contributed by atoms with E-state index in [1.165, 1.54) is 27.7 Å². The molecule has 4 heteroatoms. The minimum atomic E-state index is 0.736. The third kappa shape index (κ3) is 3.04. The number of nitrogens with zero attached hydrogens (tertiary/aromatic N) is 1. The molecule has 0 bridgehead atoms. The van der Waals surface area contributed by atoms with Crippen molar-refractivity contribution in [2.24, 2.45) is 5.73 Å². The lowest BCUT2D eigenvalue weighted by molar-refractivity contribution is 0.748. The Bertz CT molecular complexity index is 1080. The molecule has 2 aromatic carbocycles. The van der Waals surface area contributed by atoms with Crippen LogP contribution >= 0.6 is 15.9 Å². The number of nitrogens with two attached hydrogens (primary N) is 1. The van der Waals surface area contributed by atoms with Gasteiger partial charge in [-0.3, -0.25) is 4.98 Å². The van der Waals surface area contributed by atoms with E-state index in [9.17, 15) is 0 Å². The van der Waals surface area contributed by atoms with E-state index >= 15 is 0 Å². The number of hydrogen-bond acceptors (Lipinski definition) is 2. The molecule has 3 nitrogen and oxygen atoms in total. The van der Waals surface area contributed by atoms with Gasteiger partial charge >= 0.3 is 0 Å². The number of pyridine rings is 1. The molecular weight excluding hydrogens is 386 g/mol. The van der Waals surface area contributed by atoms with Gasteiger partial charge in [-0.1, -0.05) is 33.6 Å². The number of unbranched alkanes of at least 4 members (excludes halogenated alkanes) is 1. The number of benzene rings is 2. The summed E-state index contributed by atoms with van der Waals surface area (Å²) in [4.78, 5) is 8.33. The van der Waals surface area contributed by atoms with Gasteiger partial charge in [-0.2, -0.15) is 0 Å². The Balaban J connectivity index is 1.96. The molecule has 4 aromatic rings. The van der Waals surface area contributed by atoms with Crippen LogP contribution in [0.15, 0.2) is 53.1 Å². The van der Waals surface area contributed by atoms with Gasteiger partial charge in [-0.05, 0) is 68.6 Å². The predicted octanol–water partition coefficient (Wildman–Crippen LogP) is 5.74. The summed E-state index contributed by atoms with van der Waals surface area (Å²) in [5.41, 5.74) is 12.9. The second-order valence-corrected chi connectivity index (χ2v) is 7.62. The zero-order valence-electron chi connectivity index (χ0n) is 14.8. The van der Waals surface area contributed by atoms with Gasteiger partial charge in [0.1, 0.15) is 0 Å². The van der Waals surface area contributed by atoms with Crippen LogP contribution in [0, 0.1) is 6.92 Å². The van der Waals surface area contributed by atoms with Gasteiger partial charge in [0, 0.05) is 32.5 Å². The fourth-order valence-electron chi connectivity index (χ4n) is 3.64. The molecule has 0 radical (unpaired) electrons. The van der Waals surface area contributed by atoms with E-state index < -0.39 is 0 Å². The van der Waals surface area contributed by atoms with E-state index in [4.69, 9.17) is 5.73 Å². The number of aryl methyl sites for hydroxylation is 2. The highest BCUT2D eigenvalue weighted by molar-refractivity contribution is 9.10. The zero-order valence-corrected chi connectivity index (χ0v) is 16.4. The monoisotopic (exact) mass is 407 g/mol. The Kier molecular flexibility index (Phi) is 4.79. The van der Waals surface area contributed by atoms with Gasteiger partial charge < -0.3 is 10.7 Å². The largest absolute Gasteiger partial charge is 0.354 e. The maximum atomic E-state index is 5.72. The SMILES string of the molecule is Cc1ccc2[nH]c(-c3ccc(Br)c4cccnc34)c(CCCCN)c2c1. The van der Waals surface area contributed by atoms with Gasteiger partial charge in [0.2, 0.25) is 0 Å². The lowest BCUT2D eigenvalue weighted by atomic mass is 9.98. The Hall–Kier alpha value is -2.17. The summed E-state index contributed by atoms with van der Waals surface area (Å²) in [6.45, 7) is 2.88. The topological polar surface area (TPSA) is 54.7 Å². The highest BCUT2D eigenvalue weighted by Gasteiger charge is 2.16. The fourth-order valence-corrected chi connectivity index (χ4v) is 4.09. The number of halogens is 1. The molecule has 0 saturated heterocycles. The van der Waals surface area contributed by atoms with E-state index in [-0.39, 0.29) is 0 Å². The van der Waals surface area contributed by atoms with Crippen molar-refractivity contribution in [3.63, 3.8) is 0 Å². The number of H-pyrrole nitrogens is 1. The molecule has 0 saturated carbocycles. The Labute approximate surface area is 161 Å². The van der Waals surface area contributed by atoms with Crippen LogP contribution in [-0.2, 0) is 6.42 Å². The average Bonchev–Trinajstić information content (AvgIpc) is 3.00. The normalized spacial score (nSPS) is 11.5. The zero-order chi connectivity index (χ0) is 18.1. The van der Waals surface area contributed by atoms with Crippen molar-refractivity contribution in [1.29, 1.82) is 0 Å². The lowest BCUT2D eigenvalue weighted by Gasteiger charge is -2.09. The minimum absolute atomic E-state index is 0.736. The molecule has 3 N–H and O–H groups in total. The summed E-state index contributed by atoms with van der Waals surface area (Å²) in [6, 6.07) is 15.0. The number of nitrogens with one attached hydrogen (secondary N) is 1. The second-order valence-electron chi connectivity index (χ2n) is 6.77. The number of aromatic nitrogens is 2. The van der Waals surface area contributed by atoms with Gasteiger partial charge in [0.05, 0.1) is 11.2 Å². The molecule has 132 valence electrons. The van der Waals surface area contributed by atoms with Gasteiger partial charge in [0.15, 0.2) is 0 Å². The van der Waals surface area contributed by atoms with Crippen LogP contribution in [-0.4, -0.2) is 16.5 Å². The number of fused-ring (bicyclic) bond motifs is 2. The second kappa shape index (κ2) is 7.22. The summed E-state index contributed by atoms with van der Waals surface area (Å²) in [7, 11) is 0. The van der Waals surface area contributed by atoms with E-state index in [1.807, 2.05) is 12.3 Å². The highest BCUT2D eigenvalue weighted by atomic mass is 79.9. The summed E-state index contributed by atoms with van der Waals surface area (Å²) in [6.07, 6.45) is 5.00. The molecule has 0 spiro atoms. The average molecular weight is 408 g/mol. The van der Waals surface area contributed by atoms with Crippen molar-refractivity contribution in [2.45, 2.75) is 26.2 Å². The van der Waals surface area contributed by atoms with Crippen molar-refractivity contribution in [1.82, 2.24) is 9.97 Å². The number of rotatable bonds is 5. The van der Waals surface area contributed by atoms with Crippen molar-refractivity contribution >= 4 is 37.7 Å². The first-order valence-corrected chi connectivity index (χ1v) is 9.83. The first-order chi connectivity index (χ1) is 12.7. The van der Waals surface area contributed by atoms with E-state index in [1.54, 1.807) is 0 Å². The van der Waals surface area contributed by atoms with Crippen molar-refractivity contribution < 1.29 is 0 Å². The molecule has 4 rings (SSSR count). The van der Waals surface area contributed by atoms with Crippen LogP contribution in [0.2, 0.25) is 0 Å². The van der Waals surface area contributed by atoms with E-state index in [2.05, 4.69) is 69.2 Å². The summed E-state index contributed by atoms with van der Waals surface area (Å²) in [5, 5.41) is 2.44. The smallest absolute Gasteiger partial charge is 0.0806 e. The molecule has 0 fully saturated rings. The fraction of sp³-hybridized carbons (Fsp3) is 0.227. The minimum Gasteiger partial charge on any atom is -0.354 e. The molecule has 0 unspecified atom stereocenters. The van der Waals surface area contributed by atoms with Crippen LogP contribution in [0.1, 0.15) is 24.0 Å². The molecule has 2 heterocycles. The Morgan fingerprint density at radius 1 is 1.08 bits per heavy atom. The van der Waals surface area contributed by atoms with Crippen LogP contribution in [0.3, 0.4) is 0 Å². The Morgan fingerprint density at radius 2 is 1.96 bits per heavy atom. The predicted molar refractivity (Wildman–Crippen MR) is 113 cm³/mol. The molecule has 0 aliphatic rings. The Morgan fingerprint density at radius 3 is 2.81 bits per heavy atom. The summed E-state index contributed by atoms with van der Waals surface area (Å²) in [5.74, 6) is 0. The first-order valence-electron chi connectivity index (χ1n) is 9.04. The van der Waals surface area contributed by atoms with Crippen LogP contribution < -0.4 is 5.73 Å². The molecule has 0 aliphatic heterocycles. The van der Waals surface area contributed by atoms with E-state index in [0.717, 1.165) is 46.7 Å². The van der Waals surface area contributed by atoms with Crippen molar-refractivity contribution in [2.75, 3.05) is 6.54 Å². The first kappa shape index (κ1) is 17.3. The highest BCUT2D eigenvalue weighted by Crippen LogP contribution is 2.37. The van der Waals surface area contributed by atoms with E-state index in [0.29, 0.717) is 0 Å². The molecule has 26 heavy (non-hydrogen) atoms. The molecular formula is C22H22BrN3.